The third-order valence-electron chi connectivity index (χ3n) is 3.16. The fraction of sp³-hybridized carbons (Fsp3) is 0.429. The fourth-order valence-electron chi connectivity index (χ4n) is 1.94. The molecule has 0 spiro atoms. The molecule has 0 aliphatic carbocycles. The third-order valence-corrected chi connectivity index (χ3v) is 5.05. The molecule has 0 bridgehead atoms. The van der Waals surface area contributed by atoms with E-state index >= 15 is 0 Å². The van der Waals surface area contributed by atoms with E-state index in [1.165, 1.54) is 4.31 Å². The Kier molecular flexibility index (Phi) is 3.85. The van der Waals surface area contributed by atoms with Gasteiger partial charge in [-0.05, 0) is 26.0 Å². The Hall–Kier alpha value is -1.49. The predicted molar refractivity (Wildman–Crippen MR) is 74.0 cm³/mol. The standard InChI is InChI=1S/C14H19NO3S/c1-4-13-9-15(12(3)10-18-13)19(16,17)14-7-5-11(2)6-8-14/h5-9,12H,4,10H2,1-3H3/t12-/m0/s1. The smallest absolute Gasteiger partial charge is 0.264 e. The van der Waals surface area contributed by atoms with Gasteiger partial charge >= 0.3 is 0 Å². The van der Waals surface area contributed by atoms with Crippen LogP contribution in [-0.4, -0.2) is 25.4 Å². The molecule has 0 amide bonds. The van der Waals surface area contributed by atoms with Gasteiger partial charge in [0.15, 0.2) is 0 Å². The summed E-state index contributed by atoms with van der Waals surface area (Å²) < 4.78 is 32.1. The molecule has 1 aliphatic heterocycles. The van der Waals surface area contributed by atoms with Gasteiger partial charge in [-0.3, -0.25) is 4.31 Å². The molecule has 0 N–H and O–H groups in total. The van der Waals surface area contributed by atoms with Gasteiger partial charge in [0, 0.05) is 6.42 Å². The Morgan fingerprint density at radius 1 is 1.32 bits per heavy atom. The van der Waals surface area contributed by atoms with E-state index in [1.807, 2.05) is 32.9 Å². The first kappa shape index (κ1) is 13.9. The molecule has 1 aromatic rings. The maximum absolute atomic E-state index is 12.6. The van der Waals surface area contributed by atoms with Crippen molar-refractivity contribution in [2.24, 2.45) is 0 Å². The highest BCUT2D eigenvalue weighted by atomic mass is 32.2. The van der Waals surface area contributed by atoms with Crippen LogP contribution in [-0.2, 0) is 14.8 Å². The van der Waals surface area contributed by atoms with Gasteiger partial charge in [0.1, 0.15) is 12.4 Å². The van der Waals surface area contributed by atoms with Crippen LogP contribution in [0.4, 0.5) is 0 Å². The molecule has 4 nitrogen and oxygen atoms in total. The molecule has 0 saturated carbocycles. The van der Waals surface area contributed by atoms with Crippen LogP contribution in [0.1, 0.15) is 25.8 Å². The van der Waals surface area contributed by atoms with Crippen LogP contribution in [0, 0.1) is 6.92 Å². The van der Waals surface area contributed by atoms with Gasteiger partial charge < -0.3 is 4.74 Å². The number of hydrogen-bond donors (Lipinski definition) is 0. The first-order chi connectivity index (χ1) is 8.95. The van der Waals surface area contributed by atoms with E-state index in [2.05, 4.69) is 0 Å². The van der Waals surface area contributed by atoms with Crippen LogP contribution in [0.2, 0.25) is 0 Å². The van der Waals surface area contributed by atoms with E-state index < -0.39 is 10.0 Å². The second-order valence-electron chi connectivity index (χ2n) is 4.76. The van der Waals surface area contributed by atoms with Gasteiger partial charge in [-0.25, -0.2) is 8.42 Å². The normalized spacial score (nSPS) is 19.8. The number of rotatable bonds is 3. The van der Waals surface area contributed by atoms with Crippen LogP contribution in [0.15, 0.2) is 41.1 Å². The second kappa shape index (κ2) is 5.25. The minimum absolute atomic E-state index is 0.193. The number of hydrogen-bond acceptors (Lipinski definition) is 3. The lowest BCUT2D eigenvalue weighted by molar-refractivity contribution is 0.129. The van der Waals surface area contributed by atoms with Crippen molar-refractivity contribution in [1.29, 1.82) is 0 Å². The fourth-order valence-corrected chi connectivity index (χ4v) is 3.45. The van der Waals surface area contributed by atoms with Crippen LogP contribution >= 0.6 is 0 Å². The van der Waals surface area contributed by atoms with Crippen molar-refractivity contribution in [2.75, 3.05) is 6.61 Å². The van der Waals surface area contributed by atoms with Crippen LogP contribution in [0.25, 0.3) is 0 Å². The highest BCUT2D eigenvalue weighted by Gasteiger charge is 2.30. The maximum atomic E-state index is 12.6. The number of benzene rings is 1. The maximum Gasteiger partial charge on any atom is 0.264 e. The SMILES string of the molecule is CCC1=CN(S(=O)(=O)c2ccc(C)cc2)[C@@H](C)CO1. The lowest BCUT2D eigenvalue weighted by Gasteiger charge is -2.32. The van der Waals surface area contributed by atoms with Gasteiger partial charge in [0.05, 0.1) is 17.1 Å². The van der Waals surface area contributed by atoms with Crippen molar-refractivity contribution in [2.45, 2.75) is 38.1 Å². The summed E-state index contributed by atoms with van der Waals surface area (Å²) in [5.41, 5.74) is 1.04. The summed E-state index contributed by atoms with van der Waals surface area (Å²) in [6, 6.07) is 6.71. The molecule has 0 fully saturated rings. The molecule has 104 valence electrons. The molecule has 1 heterocycles. The molecule has 19 heavy (non-hydrogen) atoms. The lowest BCUT2D eigenvalue weighted by atomic mass is 10.2. The molecule has 1 atom stereocenters. The zero-order valence-corrected chi connectivity index (χ0v) is 12.3. The predicted octanol–water partition coefficient (Wildman–Crippen LogP) is 2.66. The summed E-state index contributed by atoms with van der Waals surface area (Å²) in [5, 5.41) is 0. The highest BCUT2D eigenvalue weighted by Crippen LogP contribution is 2.24. The van der Waals surface area contributed by atoms with Gasteiger partial charge in [-0.2, -0.15) is 0 Å². The van der Waals surface area contributed by atoms with Crippen molar-refractivity contribution >= 4 is 10.0 Å². The summed E-state index contributed by atoms with van der Waals surface area (Å²) in [7, 11) is -3.49. The summed E-state index contributed by atoms with van der Waals surface area (Å²) in [5.74, 6) is 0.703. The Morgan fingerprint density at radius 2 is 1.95 bits per heavy atom. The van der Waals surface area contributed by atoms with E-state index in [-0.39, 0.29) is 6.04 Å². The number of allylic oxidation sites excluding steroid dienone is 1. The van der Waals surface area contributed by atoms with E-state index in [4.69, 9.17) is 4.74 Å². The Morgan fingerprint density at radius 3 is 2.53 bits per heavy atom. The molecular formula is C14H19NO3S. The molecular weight excluding hydrogens is 262 g/mol. The number of sulfonamides is 1. The monoisotopic (exact) mass is 281 g/mol. The van der Waals surface area contributed by atoms with Crippen molar-refractivity contribution in [3.63, 3.8) is 0 Å². The Labute approximate surface area is 114 Å². The molecule has 0 unspecified atom stereocenters. The molecule has 0 radical (unpaired) electrons. The Bertz CT molecular complexity index is 575. The minimum Gasteiger partial charge on any atom is -0.494 e. The highest BCUT2D eigenvalue weighted by molar-refractivity contribution is 7.89. The van der Waals surface area contributed by atoms with E-state index in [9.17, 15) is 8.42 Å². The summed E-state index contributed by atoms with van der Waals surface area (Å²) >= 11 is 0. The average Bonchev–Trinajstić information content (AvgIpc) is 2.39. The molecule has 1 aliphatic rings. The zero-order chi connectivity index (χ0) is 14.0. The number of ether oxygens (including phenoxy) is 1. The van der Waals surface area contributed by atoms with Crippen molar-refractivity contribution in [3.8, 4) is 0 Å². The van der Waals surface area contributed by atoms with Crippen LogP contribution in [0.5, 0.6) is 0 Å². The van der Waals surface area contributed by atoms with E-state index in [1.54, 1.807) is 18.3 Å². The average molecular weight is 281 g/mol. The lowest BCUT2D eigenvalue weighted by Crippen LogP contribution is -2.40. The molecule has 5 heteroatoms. The summed E-state index contributed by atoms with van der Waals surface area (Å²) in [6.07, 6.45) is 2.29. The molecule has 1 aromatic carbocycles. The van der Waals surface area contributed by atoms with Crippen LogP contribution < -0.4 is 0 Å². The first-order valence-electron chi connectivity index (χ1n) is 6.39. The minimum atomic E-state index is -3.49. The quantitative estimate of drug-likeness (QED) is 0.855. The third kappa shape index (κ3) is 2.76. The largest absolute Gasteiger partial charge is 0.494 e. The molecule has 2 rings (SSSR count). The van der Waals surface area contributed by atoms with Gasteiger partial charge in [0.25, 0.3) is 10.0 Å². The number of nitrogens with zero attached hydrogens (tertiary/aromatic N) is 1. The van der Waals surface area contributed by atoms with Crippen LogP contribution in [0.3, 0.4) is 0 Å². The van der Waals surface area contributed by atoms with Gasteiger partial charge in [-0.15, -0.1) is 0 Å². The first-order valence-corrected chi connectivity index (χ1v) is 7.83. The van der Waals surface area contributed by atoms with Gasteiger partial charge in [0.2, 0.25) is 0 Å². The topological polar surface area (TPSA) is 46.6 Å². The molecule has 0 aromatic heterocycles. The summed E-state index contributed by atoms with van der Waals surface area (Å²) in [6.45, 7) is 6.11. The van der Waals surface area contributed by atoms with Crippen molar-refractivity contribution in [1.82, 2.24) is 4.31 Å². The number of aryl methyl sites for hydroxylation is 1. The molecule has 0 saturated heterocycles. The van der Waals surface area contributed by atoms with E-state index in [0.29, 0.717) is 23.7 Å². The van der Waals surface area contributed by atoms with E-state index in [0.717, 1.165) is 5.56 Å². The van der Waals surface area contributed by atoms with Crippen molar-refractivity contribution in [3.05, 3.63) is 41.8 Å². The Balaban J connectivity index is 2.40. The van der Waals surface area contributed by atoms with Crippen molar-refractivity contribution < 1.29 is 13.2 Å². The van der Waals surface area contributed by atoms with Gasteiger partial charge in [-0.1, -0.05) is 24.6 Å². The summed E-state index contributed by atoms with van der Waals surface area (Å²) in [4.78, 5) is 0.318. The second-order valence-corrected chi connectivity index (χ2v) is 6.60. The zero-order valence-electron chi connectivity index (χ0n) is 11.5.